The van der Waals surface area contributed by atoms with Crippen molar-refractivity contribution < 1.29 is 73.1 Å². The largest absolute Gasteiger partial charge is 0.465 e. The Morgan fingerprint density at radius 3 is 2.26 bits per heavy atom. The van der Waals surface area contributed by atoms with Crippen molar-refractivity contribution in [3.8, 4) is 0 Å². The van der Waals surface area contributed by atoms with E-state index in [1.54, 1.807) is 0 Å². The first-order valence-corrected chi connectivity index (χ1v) is 17.5. The molecule has 0 amide bonds. The first-order valence-electron chi connectivity index (χ1n) is 17.5. The summed E-state index contributed by atoms with van der Waals surface area (Å²) in [4.78, 5) is 50.2. The number of aliphatic hydroxyl groups excluding tert-OH is 3. The number of ether oxygens (including phenoxy) is 6. The fraction of sp³-hybridized carbons (Fsp3) is 0.829. The number of cyclic esters (lactones) is 1. The van der Waals surface area contributed by atoms with Gasteiger partial charge in [-0.15, -0.1) is 0 Å². The fourth-order valence-electron chi connectivity index (χ4n) is 10.9. The van der Waals surface area contributed by atoms with E-state index in [0.29, 0.717) is 12.8 Å². The lowest BCUT2D eigenvalue weighted by Crippen LogP contribution is -2.76. The van der Waals surface area contributed by atoms with Gasteiger partial charge in [0.25, 0.3) is 0 Å². The van der Waals surface area contributed by atoms with Crippen LogP contribution in [0.25, 0.3) is 0 Å². The molecule has 5 fully saturated rings. The number of aliphatic hydroxyl groups is 5. The molecule has 1 saturated heterocycles. The van der Waals surface area contributed by atoms with Crippen LogP contribution in [0.2, 0.25) is 0 Å². The summed E-state index contributed by atoms with van der Waals surface area (Å²) in [6.45, 7) is 6.78. The van der Waals surface area contributed by atoms with Gasteiger partial charge >= 0.3 is 23.9 Å². The third kappa shape index (κ3) is 5.77. The molecule has 6 rings (SSSR count). The Morgan fingerprint density at radius 2 is 1.64 bits per heavy atom. The predicted octanol–water partition coefficient (Wildman–Crippen LogP) is 0.197. The fourth-order valence-corrected chi connectivity index (χ4v) is 10.9. The zero-order valence-electron chi connectivity index (χ0n) is 29.1. The molecule has 5 N–H and O–H groups in total. The minimum absolute atomic E-state index is 0.0407. The predicted molar refractivity (Wildman–Crippen MR) is 167 cm³/mol. The quantitative estimate of drug-likeness (QED) is 0.135. The van der Waals surface area contributed by atoms with E-state index in [-0.39, 0.29) is 44.6 Å². The number of rotatable bonds is 7. The lowest BCUT2D eigenvalue weighted by Gasteiger charge is -2.68. The molecule has 0 aromatic rings. The zero-order valence-corrected chi connectivity index (χ0v) is 29.1. The third-order valence-corrected chi connectivity index (χ3v) is 13.0. The van der Waals surface area contributed by atoms with Gasteiger partial charge in [-0.05, 0) is 56.4 Å². The van der Waals surface area contributed by atoms with Gasteiger partial charge in [0.1, 0.15) is 43.7 Å². The topological polar surface area (TPSA) is 225 Å². The van der Waals surface area contributed by atoms with E-state index in [4.69, 9.17) is 28.4 Å². The van der Waals surface area contributed by atoms with Crippen LogP contribution >= 0.6 is 0 Å². The normalized spacial score (nSPS) is 48.3. The minimum atomic E-state index is -1.80. The van der Waals surface area contributed by atoms with Gasteiger partial charge in [-0.1, -0.05) is 6.92 Å². The average Bonchev–Trinajstić information content (AvgIpc) is 3.56. The Labute approximate surface area is 290 Å². The van der Waals surface area contributed by atoms with Crippen LogP contribution in [0, 0.1) is 28.6 Å². The van der Waals surface area contributed by atoms with Crippen molar-refractivity contribution >= 4 is 23.9 Å². The molecule has 280 valence electrons. The number of esters is 4. The number of hydrogen-bond donors (Lipinski definition) is 5. The van der Waals surface area contributed by atoms with Crippen LogP contribution in [0.3, 0.4) is 0 Å². The van der Waals surface area contributed by atoms with Crippen LogP contribution in [0.5, 0.6) is 0 Å². The summed E-state index contributed by atoms with van der Waals surface area (Å²) in [5.41, 5.74) is -4.93. The van der Waals surface area contributed by atoms with Gasteiger partial charge in [0.2, 0.25) is 0 Å². The monoisotopic (exact) mass is 710 g/mol. The second-order valence-corrected chi connectivity index (χ2v) is 15.6. The molecule has 2 heterocycles. The average molecular weight is 711 g/mol. The van der Waals surface area contributed by atoms with Gasteiger partial charge < -0.3 is 54.0 Å². The Hall–Kier alpha value is -2.66. The molecule has 4 unspecified atom stereocenters. The second kappa shape index (κ2) is 13.1. The van der Waals surface area contributed by atoms with Crippen molar-refractivity contribution in [2.45, 2.75) is 140 Å². The molecule has 0 aromatic carbocycles. The molecule has 50 heavy (non-hydrogen) atoms. The summed E-state index contributed by atoms with van der Waals surface area (Å²) in [7, 11) is 0. The van der Waals surface area contributed by atoms with Gasteiger partial charge in [0.15, 0.2) is 6.29 Å². The highest BCUT2D eigenvalue weighted by molar-refractivity contribution is 5.85. The van der Waals surface area contributed by atoms with Crippen molar-refractivity contribution in [3.63, 3.8) is 0 Å². The Kier molecular flexibility index (Phi) is 9.71. The van der Waals surface area contributed by atoms with Crippen LogP contribution in [-0.4, -0.2) is 123 Å². The van der Waals surface area contributed by atoms with Gasteiger partial charge in [0, 0.05) is 51.0 Å². The molecular weight excluding hydrogens is 660 g/mol. The summed E-state index contributed by atoms with van der Waals surface area (Å²) in [5, 5.41) is 57.2. The first kappa shape index (κ1) is 37.1. The zero-order chi connectivity index (χ0) is 36.6. The molecule has 2 aliphatic heterocycles. The highest BCUT2D eigenvalue weighted by atomic mass is 16.7. The van der Waals surface area contributed by atoms with Crippen LogP contribution in [-0.2, 0) is 47.6 Å². The third-order valence-electron chi connectivity index (χ3n) is 13.0. The summed E-state index contributed by atoms with van der Waals surface area (Å²) in [6.07, 6.45) is -7.39. The van der Waals surface area contributed by atoms with Gasteiger partial charge in [0.05, 0.1) is 28.8 Å². The first-order chi connectivity index (χ1) is 23.4. The van der Waals surface area contributed by atoms with Crippen molar-refractivity contribution in [1.29, 1.82) is 0 Å². The molecule has 4 aliphatic carbocycles. The van der Waals surface area contributed by atoms with Crippen molar-refractivity contribution in [2.24, 2.45) is 28.6 Å². The van der Waals surface area contributed by atoms with Gasteiger partial charge in [-0.25, -0.2) is 4.79 Å². The maximum absolute atomic E-state index is 12.9. The summed E-state index contributed by atoms with van der Waals surface area (Å²) in [5.74, 6) is -4.21. The highest BCUT2D eigenvalue weighted by Gasteiger charge is 2.77. The van der Waals surface area contributed by atoms with E-state index >= 15 is 0 Å². The van der Waals surface area contributed by atoms with Crippen LogP contribution < -0.4 is 0 Å². The van der Waals surface area contributed by atoms with Gasteiger partial charge in [-0.3, -0.25) is 14.4 Å². The maximum atomic E-state index is 12.9. The Morgan fingerprint density at radius 1 is 0.940 bits per heavy atom. The van der Waals surface area contributed by atoms with E-state index in [0.717, 1.165) is 5.57 Å². The molecular formula is C35H50O15. The van der Waals surface area contributed by atoms with E-state index in [1.165, 1.54) is 33.8 Å². The molecule has 0 aromatic heterocycles. The summed E-state index contributed by atoms with van der Waals surface area (Å²) in [6, 6.07) is 0. The van der Waals surface area contributed by atoms with Crippen molar-refractivity contribution in [3.05, 3.63) is 11.6 Å². The Balaban J connectivity index is 1.44. The van der Waals surface area contributed by atoms with Crippen molar-refractivity contribution in [2.75, 3.05) is 13.2 Å². The minimum Gasteiger partial charge on any atom is -0.465 e. The summed E-state index contributed by atoms with van der Waals surface area (Å²) >= 11 is 0. The highest BCUT2D eigenvalue weighted by Crippen LogP contribution is 2.71. The molecule has 15 atom stereocenters. The van der Waals surface area contributed by atoms with E-state index < -0.39 is 113 Å². The Bertz CT molecular complexity index is 1420. The number of hydrogen-bond acceptors (Lipinski definition) is 15. The lowest BCUT2D eigenvalue weighted by molar-refractivity contribution is -0.343. The molecule has 15 heteroatoms. The van der Waals surface area contributed by atoms with E-state index in [9.17, 15) is 44.7 Å². The van der Waals surface area contributed by atoms with Crippen LogP contribution in [0.1, 0.15) is 79.6 Å². The van der Waals surface area contributed by atoms with Crippen LogP contribution in [0.4, 0.5) is 0 Å². The lowest BCUT2D eigenvalue weighted by atomic mass is 9.40. The standard InChI is InChI=1S/C35H50O15/c1-16-28(40)29(41)30(42)31(47-16)50-21-11-25(49-19(4)38)34(15-46-17(2)36)27-23(6-8-33(34,43)12-21)35(44)9-7-22(20-10-26(39)45-14-20)32(35,5)13-24(27)48-18(3)37/h10,16,21-25,27-31,40-44H,6-9,11-15H2,1-5H3/t16-,21?,22+,23+,24?,25?,27+,28-,29+,30+,31-,32+,33?,34+,35-/m0/s1. The van der Waals surface area contributed by atoms with Crippen molar-refractivity contribution in [1.82, 2.24) is 0 Å². The van der Waals surface area contributed by atoms with Gasteiger partial charge in [-0.2, -0.15) is 0 Å². The SMILES string of the molecule is CC(=O)OC[C@]12C(OC(C)=O)CC(O[C@@H]3O[C@@H](C)[C@H](O)[C@@H](O)[C@H]3O)CC1(O)CC[C@@H]1[C@@H]2C(OC(C)=O)C[C@]2(C)[C@@H](C3=CC(=O)OC3)CC[C@]12O. The maximum Gasteiger partial charge on any atom is 0.331 e. The molecule has 0 spiro atoms. The van der Waals surface area contributed by atoms with E-state index in [1.807, 2.05) is 6.92 Å². The molecule has 6 aliphatic rings. The number of fused-ring (bicyclic) bond motifs is 5. The van der Waals surface area contributed by atoms with E-state index in [2.05, 4.69) is 0 Å². The molecule has 15 nitrogen and oxygen atoms in total. The molecule has 4 saturated carbocycles. The summed E-state index contributed by atoms with van der Waals surface area (Å²) < 4.78 is 34.9. The second-order valence-electron chi connectivity index (χ2n) is 15.6. The number of carbonyl (C=O) groups excluding carboxylic acids is 4. The number of carbonyl (C=O) groups is 4. The molecule has 0 bridgehead atoms. The smallest absolute Gasteiger partial charge is 0.331 e. The molecule has 0 radical (unpaired) electrons. The van der Waals surface area contributed by atoms with Crippen LogP contribution in [0.15, 0.2) is 11.6 Å².